The van der Waals surface area contributed by atoms with Crippen molar-refractivity contribution < 1.29 is 33.7 Å². The summed E-state index contributed by atoms with van der Waals surface area (Å²) in [4.78, 5) is 29.6. The molecule has 3 aliphatic rings. The lowest BCUT2D eigenvalue weighted by Gasteiger charge is -2.43. The summed E-state index contributed by atoms with van der Waals surface area (Å²) in [6.07, 6.45) is 5.56. The first-order chi connectivity index (χ1) is 20.0. The summed E-state index contributed by atoms with van der Waals surface area (Å²) in [6, 6.07) is 13.7. The number of nitrogens with one attached hydrogen (secondary N) is 1. The largest absolute Gasteiger partial charge is 0.493 e. The molecule has 1 saturated carbocycles. The maximum atomic E-state index is 14.4. The van der Waals surface area contributed by atoms with E-state index in [4.69, 9.17) is 13.9 Å². The van der Waals surface area contributed by atoms with Crippen molar-refractivity contribution in [3.63, 3.8) is 0 Å². The molecule has 3 N–H and O–H groups in total. The fourth-order valence-corrected chi connectivity index (χ4v) is 6.67. The van der Waals surface area contributed by atoms with E-state index in [-0.39, 0.29) is 36.8 Å². The molecular formula is C32H36N2O7. The van der Waals surface area contributed by atoms with E-state index in [1.54, 1.807) is 30.2 Å². The first-order valence-corrected chi connectivity index (χ1v) is 14.5. The number of carbonyl (C=O) groups is 2. The first-order valence-electron chi connectivity index (χ1n) is 14.5. The van der Waals surface area contributed by atoms with Crippen molar-refractivity contribution in [2.75, 3.05) is 20.3 Å². The molecule has 0 bridgehead atoms. The predicted octanol–water partition coefficient (Wildman–Crippen LogP) is 3.93. The number of ether oxygens (including phenoxy) is 2. The van der Waals surface area contributed by atoms with Gasteiger partial charge in [0, 0.05) is 29.1 Å². The lowest BCUT2D eigenvalue weighted by molar-refractivity contribution is -0.118. The van der Waals surface area contributed by atoms with Gasteiger partial charge in [0.25, 0.3) is 5.91 Å². The van der Waals surface area contributed by atoms with Gasteiger partial charge in [-0.1, -0.05) is 56.0 Å². The molecule has 6 rings (SSSR count). The molecular weight excluding hydrogens is 524 g/mol. The van der Waals surface area contributed by atoms with Crippen molar-refractivity contribution in [1.29, 1.82) is 0 Å². The van der Waals surface area contributed by atoms with Crippen LogP contribution in [0.4, 0.5) is 0 Å². The highest BCUT2D eigenvalue weighted by Crippen LogP contribution is 2.48. The Kier molecular flexibility index (Phi) is 7.73. The Morgan fingerprint density at radius 2 is 1.85 bits per heavy atom. The van der Waals surface area contributed by atoms with Gasteiger partial charge in [-0.15, -0.1) is 0 Å². The van der Waals surface area contributed by atoms with Gasteiger partial charge in [0.1, 0.15) is 18.0 Å². The summed E-state index contributed by atoms with van der Waals surface area (Å²) in [5, 5.41) is 24.8. The number of hydrogen-bond donors (Lipinski definition) is 3. The molecule has 2 amide bonds. The topological polar surface area (TPSA) is 121 Å². The number of fused-ring (bicyclic) bond motifs is 4. The average molecular weight is 561 g/mol. The highest BCUT2D eigenvalue weighted by atomic mass is 16.5. The van der Waals surface area contributed by atoms with Crippen LogP contribution in [0.25, 0.3) is 11.0 Å². The Balaban J connectivity index is 1.45. The van der Waals surface area contributed by atoms with Gasteiger partial charge in [-0.25, -0.2) is 0 Å². The number of amides is 2. The van der Waals surface area contributed by atoms with Crippen LogP contribution in [-0.4, -0.2) is 71.5 Å². The fraction of sp³-hybridized carbons (Fsp3) is 0.438. The number of furan rings is 1. The molecule has 0 spiro atoms. The number of aliphatic hydroxyl groups is 2. The average Bonchev–Trinajstić information content (AvgIpc) is 3.51. The Bertz CT molecular complexity index is 1460. The minimum atomic E-state index is -1.09. The zero-order valence-electron chi connectivity index (χ0n) is 23.1. The van der Waals surface area contributed by atoms with E-state index in [0.717, 1.165) is 49.5 Å². The summed E-state index contributed by atoms with van der Waals surface area (Å²) >= 11 is 0. The molecule has 4 atom stereocenters. The van der Waals surface area contributed by atoms with Crippen LogP contribution in [0.3, 0.4) is 0 Å². The van der Waals surface area contributed by atoms with Gasteiger partial charge >= 0.3 is 0 Å². The molecule has 1 aliphatic heterocycles. The molecule has 1 aromatic heterocycles. The SMILES string of the molecule is COc1cccc2cc(C(=O)N(C3CCCCCC3)C3C=C(C(=O)NCCO)C4c5ccccc5OC4C3O)oc12. The molecule has 9 nitrogen and oxygen atoms in total. The number of nitrogens with zero attached hydrogens (tertiary/aromatic N) is 1. The molecule has 4 unspecified atom stereocenters. The fourth-order valence-electron chi connectivity index (χ4n) is 6.67. The van der Waals surface area contributed by atoms with Gasteiger partial charge < -0.3 is 34.3 Å². The first kappa shape index (κ1) is 27.4. The van der Waals surface area contributed by atoms with E-state index in [1.807, 2.05) is 36.4 Å². The molecule has 1 fully saturated rings. The third-order valence-corrected chi connectivity index (χ3v) is 8.59. The van der Waals surface area contributed by atoms with Crippen LogP contribution in [0.2, 0.25) is 0 Å². The van der Waals surface area contributed by atoms with Crippen molar-refractivity contribution in [2.24, 2.45) is 0 Å². The minimum absolute atomic E-state index is 0.0926. The van der Waals surface area contributed by atoms with Gasteiger partial charge in [-0.3, -0.25) is 9.59 Å². The smallest absolute Gasteiger partial charge is 0.290 e. The van der Waals surface area contributed by atoms with Gasteiger partial charge in [-0.05, 0) is 37.1 Å². The van der Waals surface area contributed by atoms with Crippen LogP contribution in [0.15, 0.2) is 64.6 Å². The van der Waals surface area contributed by atoms with E-state index >= 15 is 0 Å². The Morgan fingerprint density at radius 1 is 1.07 bits per heavy atom. The maximum absolute atomic E-state index is 14.4. The van der Waals surface area contributed by atoms with E-state index in [1.165, 1.54) is 0 Å². The van der Waals surface area contributed by atoms with Crippen LogP contribution < -0.4 is 14.8 Å². The molecule has 2 aromatic carbocycles. The van der Waals surface area contributed by atoms with E-state index < -0.39 is 24.2 Å². The number of aliphatic hydroxyl groups excluding tert-OH is 2. The lowest BCUT2D eigenvalue weighted by Crippen LogP contribution is -2.58. The minimum Gasteiger partial charge on any atom is -0.493 e. The van der Waals surface area contributed by atoms with Gasteiger partial charge in [0.2, 0.25) is 5.91 Å². The quantitative estimate of drug-likeness (QED) is 0.375. The summed E-state index contributed by atoms with van der Waals surface area (Å²) in [6.45, 7) is -0.107. The summed E-state index contributed by atoms with van der Waals surface area (Å²) in [7, 11) is 1.55. The highest BCUT2D eigenvalue weighted by molar-refractivity contribution is 5.99. The van der Waals surface area contributed by atoms with Crippen LogP contribution in [-0.2, 0) is 4.79 Å². The molecule has 9 heteroatoms. The molecule has 0 radical (unpaired) electrons. The number of hydrogen-bond acceptors (Lipinski definition) is 7. The molecule has 3 aromatic rings. The van der Waals surface area contributed by atoms with Crippen molar-refractivity contribution in [3.8, 4) is 11.5 Å². The van der Waals surface area contributed by atoms with E-state index in [9.17, 15) is 19.8 Å². The second-order valence-corrected chi connectivity index (χ2v) is 11.0. The van der Waals surface area contributed by atoms with Crippen LogP contribution in [0, 0.1) is 0 Å². The number of methoxy groups -OCH3 is 1. The van der Waals surface area contributed by atoms with Crippen LogP contribution >= 0.6 is 0 Å². The maximum Gasteiger partial charge on any atom is 0.290 e. The van der Waals surface area contributed by atoms with Gasteiger partial charge in [0.15, 0.2) is 17.1 Å². The normalized spacial score (nSPS) is 24.0. The predicted molar refractivity (Wildman–Crippen MR) is 152 cm³/mol. The second kappa shape index (κ2) is 11.6. The summed E-state index contributed by atoms with van der Waals surface area (Å²) in [5.41, 5.74) is 1.72. The van der Waals surface area contributed by atoms with Crippen LogP contribution in [0.1, 0.15) is 60.6 Å². The number of rotatable bonds is 7. The molecule has 216 valence electrons. The van der Waals surface area contributed by atoms with Gasteiger partial charge in [0.05, 0.1) is 25.7 Å². The molecule has 41 heavy (non-hydrogen) atoms. The second-order valence-electron chi connectivity index (χ2n) is 11.0. The molecule has 2 aliphatic carbocycles. The zero-order chi connectivity index (χ0) is 28.5. The van der Waals surface area contributed by atoms with Crippen molar-refractivity contribution in [2.45, 2.75) is 68.7 Å². The lowest BCUT2D eigenvalue weighted by atomic mass is 9.77. The standard InChI is InChI=1S/C32H36N2O7/c1-39-25-14-8-9-19-17-26(41-29(19)25)32(38)34(20-10-4-2-3-5-11-20)23-18-22(31(37)33-15-16-35)27-21-12-6-7-13-24(21)40-30(27)28(23)36/h6-9,12-14,17-18,20,23,27-28,30,35-36H,2-5,10-11,15-16H2,1H3,(H,33,37). The number of para-hydroxylation sites is 2. The Labute approximate surface area is 238 Å². The Morgan fingerprint density at radius 3 is 2.61 bits per heavy atom. The molecule has 2 heterocycles. The highest BCUT2D eigenvalue weighted by Gasteiger charge is 2.51. The Hall–Kier alpha value is -3.82. The monoisotopic (exact) mass is 560 g/mol. The van der Waals surface area contributed by atoms with Gasteiger partial charge in [-0.2, -0.15) is 0 Å². The van der Waals surface area contributed by atoms with Crippen LogP contribution in [0.5, 0.6) is 11.5 Å². The third kappa shape index (κ3) is 4.97. The number of carbonyl (C=O) groups excluding carboxylic acids is 2. The third-order valence-electron chi connectivity index (χ3n) is 8.59. The van der Waals surface area contributed by atoms with Crippen molar-refractivity contribution in [1.82, 2.24) is 10.2 Å². The van der Waals surface area contributed by atoms with Crippen molar-refractivity contribution >= 4 is 22.8 Å². The molecule has 0 saturated heterocycles. The zero-order valence-corrected chi connectivity index (χ0v) is 23.1. The number of benzene rings is 2. The van der Waals surface area contributed by atoms with E-state index in [0.29, 0.717) is 22.7 Å². The van der Waals surface area contributed by atoms with Crippen molar-refractivity contribution in [3.05, 3.63) is 71.5 Å². The summed E-state index contributed by atoms with van der Waals surface area (Å²) < 4.78 is 17.8. The summed E-state index contributed by atoms with van der Waals surface area (Å²) in [5.74, 6) is 0.0892. The van der Waals surface area contributed by atoms with E-state index in [2.05, 4.69) is 5.32 Å².